The summed E-state index contributed by atoms with van der Waals surface area (Å²) in [4.78, 5) is 24.6. The van der Waals surface area contributed by atoms with Gasteiger partial charge in [0.25, 0.3) is 0 Å². The Morgan fingerprint density at radius 2 is 1.67 bits per heavy atom. The number of nitrogens with one attached hydrogen (secondary N) is 1. The quantitative estimate of drug-likeness (QED) is 0.648. The first kappa shape index (κ1) is 21.6. The first-order chi connectivity index (χ1) is 16.1. The zero-order valence-electron chi connectivity index (χ0n) is 19.1. The highest BCUT2D eigenvalue weighted by Crippen LogP contribution is 2.37. The molecule has 6 nitrogen and oxygen atoms in total. The number of aromatic nitrogens is 2. The Morgan fingerprint density at radius 1 is 1.00 bits per heavy atom. The molecule has 170 valence electrons. The molecular weight excluding hydrogens is 412 g/mol. The molecule has 33 heavy (non-hydrogen) atoms. The molecule has 1 fully saturated rings. The summed E-state index contributed by atoms with van der Waals surface area (Å²) in [5.74, 6) is 2.60. The Labute approximate surface area is 195 Å². The minimum absolute atomic E-state index is 0.169. The number of carbonyl (C=O) groups is 1. The van der Waals surface area contributed by atoms with Gasteiger partial charge < -0.3 is 10.1 Å². The third-order valence-corrected chi connectivity index (χ3v) is 6.81. The van der Waals surface area contributed by atoms with E-state index in [9.17, 15) is 4.79 Å². The zero-order valence-corrected chi connectivity index (χ0v) is 19.1. The van der Waals surface area contributed by atoms with E-state index in [1.54, 1.807) is 0 Å². The summed E-state index contributed by atoms with van der Waals surface area (Å²) >= 11 is 0. The lowest BCUT2D eigenvalue weighted by molar-refractivity contribution is -0.134. The largest absolute Gasteiger partial charge is 0.457 e. The van der Waals surface area contributed by atoms with Gasteiger partial charge in [0.2, 0.25) is 5.91 Å². The summed E-state index contributed by atoms with van der Waals surface area (Å²) in [6, 6.07) is 16.3. The number of hydrogen-bond acceptors (Lipinski definition) is 5. The van der Waals surface area contributed by atoms with Crippen LogP contribution in [0.2, 0.25) is 0 Å². The lowest BCUT2D eigenvalue weighted by atomic mass is 9.72. The summed E-state index contributed by atoms with van der Waals surface area (Å²) in [6.07, 6.45) is 6.96. The standard InChI is InChI=1S/C27H30N4O2/c1-20-29-17-23(18-30-20)19-31-12-9-27(10-13-31)16-22-5-3-7-25(15-22)33-24-6-2-4-21(14-24)8-11-28-26(27)32/h2-7,14-15,17-18H,8-13,16,19H2,1H3,(H,28,32). The Morgan fingerprint density at radius 3 is 2.39 bits per heavy atom. The molecule has 0 unspecified atom stereocenters. The maximum Gasteiger partial charge on any atom is 0.226 e. The summed E-state index contributed by atoms with van der Waals surface area (Å²) in [6.45, 7) is 5.09. The number of fused-ring (bicyclic) bond motifs is 4. The number of nitrogens with zero attached hydrogens (tertiary/aromatic N) is 3. The van der Waals surface area contributed by atoms with Crippen LogP contribution in [-0.2, 0) is 24.2 Å². The smallest absolute Gasteiger partial charge is 0.226 e. The SMILES string of the molecule is Cc1ncc(CN2CCC3(CC2)Cc2cccc(c2)Oc2cccc(c2)CCNC3=O)cn1. The van der Waals surface area contributed by atoms with Crippen molar-refractivity contribution in [2.75, 3.05) is 19.6 Å². The Hall–Kier alpha value is -3.25. The van der Waals surface area contributed by atoms with Crippen LogP contribution in [0.1, 0.15) is 35.4 Å². The highest BCUT2D eigenvalue weighted by molar-refractivity contribution is 5.83. The van der Waals surface area contributed by atoms with Crippen LogP contribution in [0, 0.1) is 12.3 Å². The van der Waals surface area contributed by atoms with Gasteiger partial charge in [-0.3, -0.25) is 9.69 Å². The maximum atomic E-state index is 13.5. The van der Waals surface area contributed by atoms with Crippen LogP contribution in [0.4, 0.5) is 0 Å². The molecule has 0 aliphatic carbocycles. The second-order valence-electron chi connectivity index (χ2n) is 9.27. The zero-order chi connectivity index (χ0) is 22.7. The van der Waals surface area contributed by atoms with Crippen LogP contribution < -0.4 is 10.1 Å². The molecule has 0 atom stereocenters. The number of benzene rings is 2. The van der Waals surface area contributed by atoms with E-state index in [2.05, 4.69) is 44.5 Å². The van der Waals surface area contributed by atoms with Gasteiger partial charge in [-0.05, 0) is 81.1 Å². The van der Waals surface area contributed by atoms with Crippen LogP contribution in [0.25, 0.3) is 0 Å². The molecular formula is C27H30N4O2. The molecule has 6 heteroatoms. The van der Waals surface area contributed by atoms with Crippen molar-refractivity contribution in [3.8, 4) is 11.5 Å². The maximum absolute atomic E-state index is 13.5. The first-order valence-electron chi connectivity index (χ1n) is 11.7. The molecule has 2 aromatic carbocycles. The predicted octanol–water partition coefficient (Wildman–Crippen LogP) is 4.07. The van der Waals surface area contributed by atoms with E-state index in [0.29, 0.717) is 6.54 Å². The number of aryl methyl sites for hydroxylation is 1. The van der Waals surface area contributed by atoms with E-state index in [1.165, 1.54) is 0 Å². The van der Waals surface area contributed by atoms with Gasteiger partial charge in [-0.15, -0.1) is 0 Å². The van der Waals surface area contributed by atoms with Crippen LogP contribution in [0.3, 0.4) is 0 Å². The van der Waals surface area contributed by atoms with Crippen LogP contribution >= 0.6 is 0 Å². The minimum atomic E-state index is -0.411. The Balaban J connectivity index is 1.36. The van der Waals surface area contributed by atoms with Crippen molar-refractivity contribution < 1.29 is 9.53 Å². The van der Waals surface area contributed by atoms with Crippen LogP contribution in [0.15, 0.2) is 60.9 Å². The van der Waals surface area contributed by atoms with Crippen molar-refractivity contribution >= 4 is 5.91 Å². The van der Waals surface area contributed by atoms with Crippen LogP contribution in [0.5, 0.6) is 11.5 Å². The molecule has 5 rings (SSSR count). The van der Waals surface area contributed by atoms with E-state index in [1.807, 2.05) is 43.6 Å². The van der Waals surface area contributed by atoms with E-state index in [0.717, 1.165) is 79.3 Å². The number of hydrogen-bond donors (Lipinski definition) is 1. The van der Waals surface area contributed by atoms with Gasteiger partial charge in [0, 0.05) is 31.0 Å². The average Bonchev–Trinajstić information content (AvgIpc) is 2.82. The van der Waals surface area contributed by atoms with Gasteiger partial charge in [-0.2, -0.15) is 0 Å². The Bertz CT molecular complexity index is 1120. The number of rotatable bonds is 2. The van der Waals surface area contributed by atoms with E-state index in [4.69, 9.17) is 4.74 Å². The normalized spacial score (nSPS) is 18.4. The van der Waals surface area contributed by atoms with Crippen molar-refractivity contribution in [1.29, 1.82) is 0 Å². The number of amides is 1. The average molecular weight is 443 g/mol. The fraction of sp³-hybridized carbons (Fsp3) is 0.370. The predicted molar refractivity (Wildman–Crippen MR) is 127 cm³/mol. The molecule has 3 heterocycles. The number of likely N-dealkylation sites (tertiary alicyclic amines) is 1. The van der Waals surface area contributed by atoms with Gasteiger partial charge in [0.1, 0.15) is 17.3 Å². The molecule has 1 amide bonds. The van der Waals surface area contributed by atoms with Crippen molar-refractivity contribution in [1.82, 2.24) is 20.2 Å². The van der Waals surface area contributed by atoms with E-state index >= 15 is 0 Å². The number of ether oxygens (including phenoxy) is 1. The van der Waals surface area contributed by atoms with Gasteiger partial charge in [-0.1, -0.05) is 24.3 Å². The molecule has 4 bridgehead atoms. The van der Waals surface area contributed by atoms with Crippen molar-refractivity contribution in [3.05, 3.63) is 83.4 Å². The highest BCUT2D eigenvalue weighted by Gasteiger charge is 2.41. The summed E-state index contributed by atoms with van der Waals surface area (Å²) in [5.41, 5.74) is 3.00. The number of carbonyl (C=O) groups excluding carboxylic acids is 1. The second kappa shape index (κ2) is 9.32. The lowest BCUT2D eigenvalue weighted by Crippen LogP contribution is -2.50. The molecule has 1 aromatic heterocycles. The molecule has 1 saturated heterocycles. The third-order valence-electron chi connectivity index (χ3n) is 6.81. The Kier molecular flexibility index (Phi) is 6.09. The van der Waals surface area contributed by atoms with Gasteiger partial charge in [0.15, 0.2) is 0 Å². The highest BCUT2D eigenvalue weighted by atomic mass is 16.5. The van der Waals surface area contributed by atoms with Crippen LogP contribution in [-0.4, -0.2) is 40.4 Å². The van der Waals surface area contributed by atoms with Crippen molar-refractivity contribution in [2.24, 2.45) is 5.41 Å². The van der Waals surface area contributed by atoms with Crippen molar-refractivity contribution in [3.63, 3.8) is 0 Å². The fourth-order valence-corrected chi connectivity index (χ4v) is 4.90. The molecule has 0 radical (unpaired) electrons. The van der Waals surface area contributed by atoms with E-state index in [-0.39, 0.29) is 5.91 Å². The fourth-order valence-electron chi connectivity index (χ4n) is 4.90. The molecule has 3 aromatic rings. The molecule has 2 aliphatic rings. The number of piperidine rings is 1. The van der Waals surface area contributed by atoms with Crippen molar-refractivity contribution in [2.45, 2.75) is 39.2 Å². The topological polar surface area (TPSA) is 67.3 Å². The summed E-state index contributed by atoms with van der Waals surface area (Å²) < 4.78 is 6.14. The molecule has 0 saturated carbocycles. The summed E-state index contributed by atoms with van der Waals surface area (Å²) in [5, 5.41) is 3.25. The minimum Gasteiger partial charge on any atom is -0.457 e. The van der Waals surface area contributed by atoms with Gasteiger partial charge in [-0.25, -0.2) is 9.97 Å². The molecule has 1 spiro atoms. The summed E-state index contributed by atoms with van der Waals surface area (Å²) in [7, 11) is 0. The molecule has 1 N–H and O–H groups in total. The van der Waals surface area contributed by atoms with Gasteiger partial charge >= 0.3 is 0 Å². The lowest BCUT2D eigenvalue weighted by Gasteiger charge is -2.41. The second-order valence-corrected chi connectivity index (χ2v) is 9.27. The monoisotopic (exact) mass is 442 g/mol. The first-order valence-corrected chi connectivity index (χ1v) is 11.7. The third kappa shape index (κ3) is 5.06. The van der Waals surface area contributed by atoms with E-state index < -0.39 is 5.41 Å². The van der Waals surface area contributed by atoms with Gasteiger partial charge in [0.05, 0.1) is 5.41 Å². The molecule has 2 aliphatic heterocycles.